The van der Waals surface area contributed by atoms with E-state index in [4.69, 9.17) is 14.6 Å². The summed E-state index contributed by atoms with van der Waals surface area (Å²) in [5.41, 5.74) is 25.6. The Morgan fingerprint density at radius 1 is 0.235 bits per heavy atom. The van der Waals surface area contributed by atoms with Gasteiger partial charge in [0.25, 0.3) is 0 Å². The minimum atomic E-state index is 0.776. The number of hydrogen-bond acceptors (Lipinski definition) is 7. The molecule has 4 nitrogen and oxygen atoms in total. The third-order valence-corrected chi connectivity index (χ3v) is 22.6. The van der Waals surface area contributed by atoms with Crippen LogP contribution in [0, 0.1) is 0 Å². The summed E-state index contributed by atoms with van der Waals surface area (Å²) >= 11 is 9.09. The molecular weight excluding hydrogens is 1320 g/mol. The van der Waals surface area contributed by atoms with Gasteiger partial charge in [-0.15, -0.1) is 34.0 Å². The number of benzene rings is 15. The lowest BCUT2D eigenvalue weighted by Gasteiger charge is -2.26. The van der Waals surface area contributed by atoms with Crippen LogP contribution in [0.5, 0.6) is 0 Å². The van der Waals surface area contributed by atoms with Crippen molar-refractivity contribution >= 4 is 177 Å². The lowest BCUT2D eigenvalue weighted by atomic mass is 9.98. The average Bonchev–Trinajstić information content (AvgIpc) is 1.58. The van der Waals surface area contributed by atoms with E-state index >= 15 is 0 Å². The fourth-order valence-corrected chi connectivity index (χ4v) is 17.8. The van der Waals surface area contributed by atoms with Gasteiger partial charge in [-0.1, -0.05) is 228 Å². The number of nitrogen functional groups attached to an aromatic ring is 1. The maximum atomic E-state index is 6.25. The Balaban J connectivity index is 0.000000140. The lowest BCUT2D eigenvalue weighted by Crippen LogP contribution is -2.09. The standard InChI is InChI=1S/C54H33NOS2.C18H11BrS.C18H13NO/c1-4-16-46-43(10-1)52-40(13-7-17-47(52)56-46)34-22-28-37(29-23-34)55(38-30-24-35(25-31-38)41-14-8-20-50-53(41)44-11-2-5-18-48(44)57-50)39-32-26-36(27-33-39)42-15-9-21-51-54(42)45-12-3-6-19-49(45)58-51;2*19-13-10-8-12(9-11-13)14-5-3-7-17-18(14)15-4-1-2-6-16(15)20-17/h1-33H;1-11H;1-11H,19H2. The minimum Gasteiger partial charge on any atom is -0.456 e. The smallest absolute Gasteiger partial charge is 0.136 e. The lowest BCUT2D eigenvalue weighted by molar-refractivity contribution is 0.668. The number of rotatable bonds is 8. The molecule has 0 aliphatic carbocycles. The van der Waals surface area contributed by atoms with E-state index < -0.39 is 0 Å². The molecule has 98 heavy (non-hydrogen) atoms. The number of halogens is 1. The second-order valence-electron chi connectivity index (χ2n) is 24.5. The Labute approximate surface area is 585 Å². The van der Waals surface area contributed by atoms with Crippen molar-refractivity contribution in [2.24, 2.45) is 0 Å². The molecule has 8 heteroatoms. The second kappa shape index (κ2) is 25.0. The van der Waals surface area contributed by atoms with Gasteiger partial charge in [0.05, 0.1) is 0 Å². The Bertz CT molecular complexity index is 5850. The van der Waals surface area contributed by atoms with E-state index in [9.17, 15) is 0 Å². The number of thiophene rings is 3. The number of anilines is 4. The molecule has 5 aromatic heterocycles. The van der Waals surface area contributed by atoms with Crippen LogP contribution in [-0.2, 0) is 0 Å². The fraction of sp³-hybridized carbons (Fsp3) is 0. The summed E-state index contributed by atoms with van der Waals surface area (Å²) in [7, 11) is 0. The van der Waals surface area contributed by atoms with Crippen molar-refractivity contribution in [1.29, 1.82) is 0 Å². The van der Waals surface area contributed by atoms with E-state index in [1.165, 1.54) is 105 Å². The van der Waals surface area contributed by atoms with Crippen molar-refractivity contribution in [3.05, 3.63) is 338 Å². The summed E-state index contributed by atoms with van der Waals surface area (Å²) in [5.74, 6) is 0. The summed E-state index contributed by atoms with van der Waals surface area (Å²) in [6.07, 6.45) is 0. The van der Waals surface area contributed by atoms with Gasteiger partial charge in [-0.05, 0) is 177 Å². The fourth-order valence-electron chi connectivity index (χ4n) is 14.2. The molecule has 0 aliphatic heterocycles. The molecule has 2 N–H and O–H groups in total. The van der Waals surface area contributed by atoms with Crippen LogP contribution in [0.25, 0.3) is 160 Å². The summed E-state index contributed by atoms with van der Waals surface area (Å²) in [4.78, 5) is 2.37. The van der Waals surface area contributed by atoms with E-state index in [1.807, 2.05) is 101 Å². The third-order valence-electron chi connectivity index (χ3n) is 18.7. The maximum Gasteiger partial charge on any atom is 0.136 e. The first-order valence-electron chi connectivity index (χ1n) is 32.7. The van der Waals surface area contributed by atoms with Crippen LogP contribution >= 0.6 is 49.9 Å². The minimum absolute atomic E-state index is 0.776. The third kappa shape index (κ3) is 10.7. The quantitative estimate of drug-likeness (QED) is 0.154. The van der Waals surface area contributed by atoms with Crippen LogP contribution in [0.2, 0.25) is 0 Å². The van der Waals surface area contributed by atoms with E-state index in [-0.39, 0.29) is 0 Å². The van der Waals surface area contributed by atoms with Crippen LogP contribution in [0.1, 0.15) is 0 Å². The van der Waals surface area contributed by atoms with E-state index in [1.54, 1.807) is 0 Å². The monoisotopic (exact) mass is 1370 g/mol. The van der Waals surface area contributed by atoms with Crippen molar-refractivity contribution in [3.63, 3.8) is 0 Å². The molecule has 0 unspecified atom stereocenters. The van der Waals surface area contributed by atoms with Gasteiger partial charge < -0.3 is 19.5 Å². The molecular formula is C90H57BrN2O2S3. The highest BCUT2D eigenvalue weighted by atomic mass is 79.9. The van der Waals surface area contributed by atoms with Gasteiger partial charge >= 0.3 is 0 Å². The van der Waals surface area contributed by atoms with E-state index in [0.29, 0.717) is 0 Å². The molecule has 0 aliphatic rings. The van der Waals surface area contributed by atoms with Gasteiger partial charge in [-0.2, -0.15) is 0 Å². The molecule has 0 fully saturated rings. The molecule has 0 radical (unpaired) electrons. The summed E-state index contributed by atoms with van der Waals surface area (Å²) < 4.78 is 21.3. The molecule has 5 heterocycles. The van der Waals surface area contributed by atoms with Crippen molar-refractivity contribution in [2.45, 2.75) is 0 Å². The van der Waals surface area contributed by atoms with Crippen molar-refractivity contribution in [2.75, 3.05) is 10.6 Å². The van der Waals surface area contributed by atoms with Crippen LogP contribution in [-0.4, -0.2) is 0 Å². The number of para-hydroxylation sites is 2. The van der Waals surface area contributed by atoms with Crippen LogP contribution in [0.3, 0.4) is 0 Å². The zero-order valence-corrected chi connectivity index (χ0v) is 56.7. The number of hydrogen-bond donors (Lipinski definition) is 1. The molecule has 0 saturated heterocycles. The van der Waals surface area contributed by atoms with Crippen molar-refractivity contribution in [1.82, 2.24) is 0 Å². The SMILES string of the molecule is Brc1ccc(-c2cccc3sc4ccccc4c23)cc1.Nc1ccc(-c2cccc3oc4ccccc4c23)cc1.c1ccc2c(c1)oc1cccc(-c3ccc(N(c4ccc(-c5cccc6sc7ccccc7c56)cc4)c4ccc(-c5cccc6sc7ccccc7c56)cc4)cc3)c12. The first-order valence-corrected chi connectivity index (χ1v) is 35.9. The molecule has 0 atom stereocenters. The van der Waals surface area contributed by atoms with Gasteiger partial charge in [-0.3, -0.25) is 0 Å². The maximum absolute atomic E-state index is 6.25. The Morgan fingerprint density at radius 3 is 0.857 bits per heavy atom. The van der Waals surface area contributed by atoms with Gasteiger partial charge in [-0.25, -0.2) is 0 Å². The second-order valence-corrected chi connectivity index (χ2v) is 28.7. The number of furan rings is 2. The van der Waals surface area contributed by atoms with Crippen LogP contribution < -0.4 is 10.6 Å². The van der Waals surface area contributed by atoms with Gasteiger partial charge in [0.1, 0.15) is 22.3 Å². The normalized spacial score (nSPS) is 11.6. The van der Waals surface area contributed by atoms with Gasteiger partial charge in [0, 0.05) is 109 Å². The molecule has 0 amide bonds. The molecule has 464 valence electrons. The molecule has 15 aromatic carbocycles. The Morgan fingerprint density at radius 2 is 0.500 bits per heavy atom. The predicted molar refractivity (Wildman–Crippen MR) is 427 cm³/mol. The largest absolute Gasteiger partial charge is 0.456 e. The topological polar surface area (TPSA) is 55.5 Å². The number of fused-ring (bicyclic) bond motifs is 15. The molecule has 0 saturated carbocycles. The Kier molecular flexibility index (Phi) is 15.1. The molecule has 20 aromatic rings. The summed E-state index contributed by atoms with van der Waals surface area (Å²) in [6.45, 7) is 0. The van der Waals surface area contributed by atoms with E-state index in [2.05, 4.69) is 288 Å². The highest BCUT2D eigenvalue weighted by molar-refractivity contribution is 9.10. The highest BCUT2D eigenvalue weighted by Gasteiger charge is 2.20. The number of nitrogens with zero attached hydrogens (tertiary/aromatic N) is 1. The highest BCUT2D eigenvalue weighted by Crippen LogP contribution is 2.46. The first-order chi connectivity index (χ1) is 48.4. The summed E-state index contributed by atoms with van der Waals surface area (Å²) in [5, 5.41) is 12.6. The number of nitrogens with two attached hydrogens (primary N) is 1. The van der Waals surface area contributed by atoms with Crippen LogP contribution in [0.15, 0.2) is 347 Å². The van der Waals surface area contributed by atoms with Gasteiger partial charge in [0.15, 0.2) is 0 Å². The van der Waals surface area contributed by atoms with Crippen molar-refractivity contribution in [3.8, 4) is 55.6 Å². The van der Waals surface area contributed by atoms with Crippen molar-refractivity contribution < 1.29 is 8.83 Å². The Hall–Kier alpha value is -11.4. The zero-order valence-electron chi connectivity index (χ0n) is 52.7. The zero-order chi connectivity index (χ0) is 65.2. The van der Waals surface area contributed by atoms with E-state index in [0.717, 1.165) is 82.2 Å². The van der Waals surface area contributed by atoms with Gasteiger partial charge in [0.2, 0.25) is 0 Å². The molecule has 0 spiro atoms. The van der Waals surface area contributed by atoms with Crippen LogP contribution in [0.4, 0.5) is 22.7 Å². The molecule has 20 rings (SSSR count). The predicted octanol–water partition coefficient (Wildman–Crippen LogP) is 28.1. The summed E-state index contributed by atoms with van der Waals surface area (Å²) in [6, 6.07) is 119. The first kappa shape index (κ1) is 59.2. The molecule has 0 bridgehead atoms. The average molecular weight is 1370 g/mol.